The molecule has 0 radical (unpaired) electrons. The van der Waals surface area contributed by atoms with Crippen molar-refractivity contribution in [2.45, 2.75) is 71.1 Å². The van der Waals surface area contributed by atoms with Gasteiger partial charge in [-0.3, -0.25) is 4.79 Å². The molecule has 0 aliphatic carbocycles. The second-order valence-electron chi connectivity index (χ2n) is 5.37. The number of unbranched alkanes of at least 4 members (excludes halogenated alkanes) is 4. The molecule has 0 unspecified atom stereocenters. The summed E-state index contributed by atoms with van der Waals surface area (Å²) in [4.78, 5) is 10.3. The molecule has 0 heterocycles. The monoisotopic (exact) mass is 312 g/mol. The van der Waals surface area contributed by atoms with E-state index in [0.717, 1.165) is 32.1 Å². The smallest absolute Gasteiger partial charge is 1.00 e. The maximum absolute atomic E-state index is 10.3. The van der Waals surface area contributed by atoms with E-state index in [-0.39, 0.29) is 26.7 Å². The quantitative estimate of drug-likeness (QED) is 0.303. The number of hydrogen-bond donors (Lipinski definition) is 1. The van der Waals surface area contributed by atoms with Crippen LogP contribution in [0.15, 0.2) is 48.6 Å². The molecule has 0 saturated carbocycles. The van der Waals surface area contributed by atoms with Gasteiger partial charge in [-0.2, -0.15) is 0 Å². The van der Waals surface area contributed by atoms with Crippen LogP contribution in [0.5, 0.6) is 0 Å². The van der Waals surface area contributed by atoms with E-state index in [0.29, 0.717) is 0 Å². The minimum Gasteiger partial charge on any atom is -1.00 e. The summed E-state index contributed by atoms with van der Waals surface area (Å²) in [6, 6.07) is 0. The van der Waals surface area contributed by atoms with Gasteiger partial charge >= 0.3 is 24.8 Å². The Bertz CT molecular complexity index is 374. The van der Waals surface area contributed by atoms with Gasteiger partial charge in [0.05, 0.1) is 0 Å². The molecule has 0 rings (SSSR count). The average Bonchev–Trinajstić information content (AvgIpc) is 2.50. The Morgan fingerprint density at radius 3 is 1.65 bits per heavy atom. The van der Waals surface area contributed by atoms with Gasteiger partial charge in [-0.05, 0) is 44.9 Å². The Morgan fingerprint density at radius 1 is 0.783 bits per heavy atom. The van der Waals surface area contributed by atoms with Gasteiger partial charge in [0.2, 0.25) is 0 Å². The molecule has 0 bridgehead atoms. The first kappa shape index (κ1) is 24.3. The van der Waals surface area contributed by atoms with Crippen LogP contribution in [0, 0.1) is 0 Å². The summed E-state index contributed by atoms with van der Waals surface area (Å²) >= 11 is 0. The zero-order valence-corrected chi connectivity index (χ0v) is 15.0. The zero-order valence-electron chi connectivity index (χ0n) is 16.0. The Kier molecular flexibility index (Phi) is 22.2. The summed E-state index contributed by atoms with van der Waals surface area (Å²) in [6.07, 6.45) is 27.3. The summed E-state index contributed by atoms with van der Waals surface area (Å²) in [5, 5.41) is 8.49. The summed E-state index contributed by atoms with van der Waals surface area (Å²) in [5.74, 6) is -0.712. The fraction of sp³-hybridized carbons (Fsp3) is 0.550. The molecular weight excluding hydrogens is 279 g/mol. The summed E-state index contributed by atoms with van der Waals surface area (Å²) in [5.41, 5.74) is 0. The molecule has 0 aromatic heterocycles. The van der Waals surface area contributed by atoms with Crippen LogP contribution in [-0.4, -0.2) is 11.1 Å². The number of carbonyl (C=O) groups is 1. The first-order chi connectivity index (χ1) is 10.8. The second kappa shape index (κ2) is 21.0. The molecule has 0 atom stereocenters. The van der Waals surface area contributed by atoms with Crippen LogP contribution < -0.4 is 18.9 Å². The van der Waals surface area contributed by atoms with Gasteiger partial charge in [-0.25, -0.2) is 0 Å². The molecule has 0 saturated heterocycles. The van der Waals surface area contributed by atoms with E-state index in [9.17, 15) is 4.79 Å². The number of aliphatic carboxylic acids is 1. The van der Waals surface area contributed by atoms with Crippen molar-refractivity contribution < 1.29 is 30.2 Å². The van der Waals surface area contributed by atoms with Crippen molar-refractivity contribution in [3.63, 3.8) is 0 Å². The van der Waals surface area contributed by atoms with E-state index in [1.807, 2.05) is 0 Å². The second-order valence-corrected chi connectivity index (χ2v) is 5.37. The van der Waals surface area contributed by atoms with E-state index in [1.54, 1.807) is 0 Å². The van der Waals surface area contributed by atoms with Gasteiger partial charge in [0, 0.05) is 6.42 Å². The fourth-order valence-electron chi connectivity index (χ4n) is 1.93. The molecule has 0 aliphatic rings. The third kappa shape index (κ3) is 23.4. The maximum Gasteiger partial charge on any atom is 1.00 e. The van der Waals surface area contributed by atoms with Gasteiger partial charge < -0.3 is 6.53 Å². The molecule has 0 aliphatic heterocycles. The predicted octanol–water partition coefficient (Wildman–Crippen LogP) is 3.33. The van der Waals surface area contributed by atoms with Gasteiger partial charge in [0.15, 0.2) is 0 Å². The minimum atomic E-state index is -0.712. The largest absolute Gasteiger partial charge is 1.00 e. The van der Waals surface area contributed by atoms with Crippen molar-refractivity contribution in [1.82, 2.24) is 0 Å². The van der Waals surface area contributed by atoms with Gasteiger partial charge in [0.25, 0.3) is 0 Å². The van der Waals surface area contributed by atoms with Crippen molar-refractivity contribution in [1.29, 1.82) is 0 Å². The first-order valence-corrected chi connectivity index (χ1v) is 8.59. The Labute approximate surface area is 156 Å². The standard InChI is InChI=1S/C20H32O2.Li.H/c1-2-3-4-5-6-7-8-9-10-11-12-13-14-15-16-17-18-19-20(21)22;;/h6-7,9-10,12-13,15-16H,2-5,8,11,14,17-19H2,1H3,(H,21,22);;/q;+1;-1. The summed E-state index contributed by atoms with van der Waals surface area (Å²) < 4.78 is 0. The number of rotatable bonds is 14. The van der Waals surface area contributed by atoms with Crippen molar-refractivity contribution in [3.8, 4) is 0 Å². The van der Waals surface area contributed by atoms with Crippen molar-refractivity contribution in [2.75, 3.05) is 0 Å². The van der Waals surface area contributed by atoms with Crippen LogP contribution in [0.3, 0.4) is 0 Å². The van der Waals surface area contributed by atoms with Crippen molar-refractivity contribution in [2.24, 2.45) is 0 Å². The van der Waals surface area contributed by atoms with E-state index in [1.165, 1.54) is 25.7 Å². The van der Waals surface area contributed by atoms with Crippen LogP contribution in [0.1, 0.15) is 72.6 Å². The van der Waals surface area contributed by atoms with Gasteiger partial charge in [-0.15, -0.1) is 0 Å². The van der Waals surface area contributed by atoms with Crippen LogP contribution >= 0.6 is 0 Å². The fourth-order valence-corrected chi connectivity index (χ4v) is 1.93. The topological polar surface area (TPSA) is 37.3 Å². The van der Waals surface area contributed by atoms with E-state index >= 15 is 0 Å². The summed E-state index contributed by atoms with van der Waals surface area (Å²) in [7, 11) is 0. The molecule has 0 aromatic rings. The molecule has 0 fully saturated rings. The molecule has 0 aromatic carbocycles. The molecule has 0 amide bonds. The van der Waals surface area contributed by atoms with Crippen molar-refractivity contribution >= 4 is 5.97 Å². The van der Waals surface area contributed by atoms with Crippen LogP contribution in [0.25, 0.3) is 0 Å². The molecule has 1 N–H and O–H groups in total. The van der Waals surface area contributed by atoms with E-state index in [2.05, 4.69) is 55.5 Å². The van der Waals surface area contributed by atoms with E-state index in [4.69, 9.17) is 5.11 Å². The van der Waals surface area contributed by atoms with Gasteiger partial charge in [0.1, 0.15) is 0 Å². The third-order valence-electron chi connectivity index (χ3n) is 3.22. The Hall–Kier alpha value is -0.973. The molecule has 0 spiro atoms. The van der Waals surface area contributed by atoms with Crippen LogP contribution in [-0.2, 0) is 4.79 Å². The summed E-state index contributed by atoms with van der Waals surface area (Å²) in [6.45, 7) is 2.23. The number of allylic oxidation sites excluding steroid dienone is 8. The number of carboxylic acid groups (broad SMARTS) is 1. The zero-order chi connectivity index (χ0) is 16.3. The van der Waals surface area contributed by atoms with Crippen LogP contribution in [0.2, 0.25) is 0 Å². The molecule has 126 valence electrons. The Balaban J connectivity index is -0.00000220. The maximum atomic E-state index is 10.3. The number of hydrogen-bond acceptors (Lipinski definition) is 1. The first-order valence-electron chi connectivity index (χ1n) is 8.59. The predicted molar refractivity (Wildman–Crippen MR) is 97.2 cm³/mol. The van der Waals surface area contributed by atoms with Gasteiger partial charge in [-0.1, -0.05) is 68.4 Å². The SMILES string of the molecule is CCCCCC=CCC=CCC=CCC=CCCCC(=O)O.[H-].[Li+]. The third-order valence-corrected chi connectivity index (χ3v) is 3.22. The van der Waals surface area contributed by atoms with Crippen molar-refractivity contribution in [3.05, 3.63) is 48.6 Å². The minimum absolute atomic E-state index is 0. The molecular formula is C20H33LiO2. The molecule has 3 heteroatoms. The molecule has 2 nitrogen and oxygen atoms in total. The van der Waals surface area contributed by atoms with E-state index < -0.39 is 5.97 Å². The Morgan fingerprint density at radius 2 is 1.22 bits per heavy atom. The normalized spacial score (nSPS) is 11.9. The number of carboxylic acids is 1. The van der Waals surface area contributed by atoms with Crippen LogP contribution in [0.4, 0.5) is 0 Å². The molecule has 23 heavy (non-hydrogen) atoms. The average molecular weight is 312 g/mol.